The van der Waals surface area contributed by atoms with E-state index in [4.69, 9.17) is 11.6 Å². The van der Waals surface area contributed by atoms with E-state index in [1.165, 1.54) is 31.3 Å². The molecule has 0 aliphatic rings. The number of hydrogen-bond donors (Lipinski definition) is 2. The maximum absolute atomic E-state index is 12.5. The highest BCUT2D eigenvalue weighted by atomic mass is 35.5. The molecule has 2 N–H and O–H groups in total. The normalized spacial score (nSPS) is 11.8. The number of fused-ring (bicyclic) bond motifs is 1. The zero-order valence-corrected chi connectivity index (χ0v) is 16.9. The van der Waals surface area contributed by atoms with Crippen LogP contribution in [-0.4, -0.2) is 48.7 Å². The van der Waals surface area contributed by atoms with Crippen LogP contribution < -0.4 is 5.32 Å². The summed E-state index contributed by atoms with van der Waals surface area (Å²) in [7, 11) is -2.37. The van der Waals surface area contributed by atoms with Gasteiger partial charge in [0.05, 0.1) is 22.5 Å². The van der Waals surface area contributed by atoms with E-state index < -0.39 is 10.0 Å². The van der Waals surface area contributed by atoms with Gasteiger partial charge in [-0.05, 0) is 42.8 Å². The van der Waals surface area contributed by atoms with Gasteiger partial charge >= 0.3 is 0 Å². The van der Waals surface area contributed by atoms with Gasteiger partial charge in [0.15, 0.2) is 0 Å². The quantitative estimate of drug-likeness (QED) is 0.547. The number of H-pyrrole nitrogens is 1. The molecule has 1 aromatic heterocycles. The van der Waals surface area contributed by atoms with E-state index in [1.54, 1.807) is 0 Å². The van der Waals surface area contributed by atoms with E-state index in [0.717, 1.165) is 21.2 Å². The van der Waals surface area contributed by atoms with Gasteiger partial charge in [-0.15, -0.1) is 0 Å². The Bertz CT molecular complexity index is 1030. The van der Waals surface area contributed by atoms with Crippen LogP contribution in [0.5, 0.6) is 0 Å². The van der Waals surface area contributed by atoms with Crippen molar-refractivity contribution in [1.29, 1.82) is 0 Å². The summed E-state index contributed by atoms with van der Waals surface area (Å²) in [6.45, 7) is 0.181. The molecule has 3 rings (SSSR count). The number of benzene rings is 2. The van der Waals surface area contributed by atoms with Crippen LogP contribution in [0.2, 0.25) is 5.02 Å². The molecule has 0 fully saturated rings. The first-order chi connectivity index (χ1) is 13.4. The van der Waals surface area contributed by atoms with Crippen molar-refractivity contribution in [2.45, 2.75) is 17.7 Å². The van der Waals surface area contributed by atoms with Crippen LogP contribution in [0.25, 0.3) is 11.0 Å². The molecule has 0 saturated heterocycles. The molecule has 0 saturated carbocycles. The summed E-state index contributed by atoms with van der Waals surface area (Å²) in [6.07, 6.45) is 1.38. The molecule has 0 bridgehead atoms. The number of rotatable bonds is 8. The van der Waals surface area contributed by atoms with E-state index in [0.29, 0.717) is 24.4 Å². The summed E-state index contributed by atoms with van der Waals surface area (Å²) in [4.78, 5) is 19.9. The molecule has 0 aliphatic heterocycles. The minimum absolute atomic E-state index is 0.0945. The molecule has 1 amide bonds. The average Bonchev–Trinajstić information content (AvgIpc) is 3.08. The molecule has 7 nitrogen and oxygen atoms in total. The molecule has 148 valence electrons. The second-order valence-corrected chi connectivity index (χ2v) is 8.85. The number of sulfonamides is 1. The molecule has 0 atom stereocenters. The van der Waals surface area contributed by atoms with Crippen molar-refractivity contribution in [3.8, 4) is 0 Å². The second-order valence-electron chi connectivity index (χ2n) is 6.37. The first-order valence-corrected chi connectivity index (χ1v) is 10.6. The lowest BCUT2D eigenvalue weighted by Crippen LogP contribution is -2.38. The molecule has 2 aromatic carbocycles. The van der Waals surface area contributed by atoms with Crippen LogP contribution in [0, 0.1) is 0 Å². The van der Waals surface area contributed by atoms with Crippen molar-refractivity contribution in [1.82, 2.24) is 19.6 Å². The van der Waals surface area contributed by atoms with Gasteiger partial charge in [0.2, 0.25) is 15.9 Å². The number of hydrogen-bond acceptors (Lipinski definition) is 4. The highest BCUT2D eigenvalue weighted by molar-refractivity contribution is 7.89. The van der Waals surface area contributed by atoms with Crippen LogP contribution in [0.4, 0.5) is 0 Å². The number of carbonyl (C=O) groups excluding carboxylic acids is 1. The molecule has 1 heterocycles. The van der Waals surface area contributed by atoms with Crippen LogP contribution in [0.15, 0.2) is 53.4 Å². The number of nitrogens with one attached hydrogen (secondary N) is 2. The number of amides is 1. The molecule has 9 heteroatoms. The lowest BCUT2D eigenvalue weighted by molar-refractivity contribution is -0.121. The molecule has 0 aliphatic carbocycles. The Balaban J connectivity index is 1.46. The summed E-state index contributed by atoms with van der Waals surface area (Å²) in [5.41, 5.74) is 1.89. The minimum Gasteiger partial charge on any atom is -0.355 e. The van der Waals surface area contributed by atoms with Crippen molar-refractivity contribution < 1.29 is 13.2 Å². The minimum atomic E-state index is -3.74. The summed E-state index contributed by atoms with van der Waals surface area (Å²) >= 11 is 5.78. The van der Waals surface area contributed by atoms with Gasteiger partial charge < -0.3 is 10.3 Å². The third kappa shape index (κ3) is 4.89. The number of likely N-dealkylation sites (N-methyl/N-ethyl adjacent to an activating group) is 1. The van der Waals surface area contributed by atoms with Gasteiger partial charge in [0.1, 0.15) is 5.82 Å². The van der Waals surface area contributed by atoms with Crippen molar-refractivity contribution in [2.24, 2.45) is 0 Å². The van der Waals surface area contributed by atoms with Gasteiger partial charge in [-0.1, -0.05) is 23.7 Å². The van der Waals surface area contributed by atoms with Crippen LogP contribution in [0.3, 0.4) is 0 Å². The SMILES string of the molecule is CN(CC(=O)NCCCc1nc2ccccc2[nH]1)S(=O)(=O)c1ccc(Cl)cc1. The number of nitrogens with zero attached hydrogens (tertiary/aromatic N) is 2. The van der Waals surface area contributed by atoms with Crippen molar-refractivity contribution in [2.75, 3.05) is 20.1 Å². The van der Waals surface area contributed by atoms with Gasteiger partial charge in [0, 0.05) is 25.0 Å². The molecular formula is C19H21ClN4O3S. The first-order valence-electron chi connectivity index (χ1n) is 8.78. The summed E-state index contributed by atoms with van der Waals surface area (Å²) < 4.78 is 26.0. The third-order valence-electron chi connectivity index (χ3n) is 4.24. The predicted octanol–water partition coefficient (Wildman–Crippen LogP) is 2.59. The maximum Gasteiger partial charge on any atom is 0.243 e. The number of carbonyl (C=O) groups is 1. The first kappa shape index (κ1) is 20.3. The largest absolute Gasteiger partial charge is 0.355 e. The smallest absolute Gasteiger partial charge is 0.243 e. The van der Waals surface area contributed by atoms with Crippen LogP contribution >= 0.6 is 11.6 Å². The highest BCUT2D eigenvalue weighted by Crippen LogP contribution is 2.17. The van der Waals surface area contributed by atoms with Gasteiger partial charge in [-0.25, -0.2) is 13.4 Å². The fourth-order valence-electron chi connectivity index (χ4n) is 2.74. The van der Waals surface area contributed by atoms with E-state index in [-0.39, 0.29) is 17.3 Å². The van der Waals surface area contributed by atoms with Crippen molar-refractivity contribution >= 4 is 38.6 Å². The highest BCUT2D eigenvalue weighted by Gasteiger charge is 2.22. The van der Waals surface area contributed by atoms with Crippen molar-refractivity contribution in [3.63, 3.8) is 0 Å². The Kier molecular flexibility index (Phi) is 6.33. The number of aryl methyl sites for hydroxylation is 1. The van der Waals surface area contributed by atoms with Gasteiger partial charge in [-0.2, -0.15) is 4.31 Å². The number of aromatic amines is 1. The maximum atomic E-state index is 12.5. The summed E-state index contributed by atoms with van der Waals surface area (Å²) in [6, 6.07) is 13.6. The van der Waals surface area contributed by atoms with Crippen LogP contribution in [-0.2, 0) is 21.2 Å². The number of aromatic nitrogens is 2. The Hall–Kier alpha value is -2.42. The Labute approximate surface area is 168 Å². The second kappa shape index (κ2) is 8.72. The molecule has 0 unspecified atom stereocenters. The fourth-order valence-corrected chi connectivity index (χ4v) is 3.99. The van der Waals surface area contributed by atoms with E-state index in [2.05, 4.69) is 15.3 Å². The van der Waals surface area contributed by atoms with E-state index in [1.807, 2.05) is 24.3 Å². The van der Waals surface area contributed by atoms with Crippen LogP contribution in [0.1, 0.15) is 12.2 Å². The third-order valence-corrected chi connectivity index (χ3v) is 6.31. The predicted molar refractivity (Wildman–Crippen MR) is 109 cm³/mol. The fraction of sp³-hybridized carbons (Fsp3) is 0.263. The summed E-state index contributed by atoms with van der Waals surface area (Å²) in [5, 5.41) is 3.19. The summed E-state index contributed by atoms with van der Waals surface area (Å²) in [5.74, 6) is 0.502. The lowest BCUT2D eigenvalue weighted by Gasteiger charge is -2.17. The number of imidazole rings is 1. The molecule has 28 heavy (non-hydrogen) atoms. The Morgan fingerprint density at radius 2 is 1.89 bits per heavy atom. The topological polar surface area (TPSA) is 95.2 Å². The van der Waals surface area contributed by atoms with Gasteiger partial charge in [0.25, 0.3) is 0 Å². The zero-order valence-electron chi connectivity index (χ0n) is 15.4. The van der Waals surface area contributed by atoms with E-state index >= 15 is 0 Å². The number of para-hydroxylation sites is 2. The Morgan fingerprint density at radius 3 is 2.61 bits per heavy atom. The van der Waals surface area contributed by atoms with Gasteiger partial charge in [-0.3, -0.25) is 4.79 Å². The Morgan fingerprint density at radius 1 is 1.18 bits per heavy atom. The zero-order chi connectivity index (χ0) is 20.1. The molecular weight excluding hydrogens is 400 g/mol. The van der Waals surface area contributed by atoms with Crippen molar-refractivity contribution in [3.05, 3.63) is 59.4 Å². The average molecular weight is 421 g/mol. The standard InChI is InChI=1S/C19H21ClN4O3S/c1-24(28(26,27)15-10-8-14(20)9-11-15)13-19(25)21-12-4-7-18-22-16-5-2-3-6-17(16)23-18/h2-3,5-6,8-11H,4,7,12-13H2,1H3,(H,21,25)(H,22,23). The molecule has 0 radical (unpaired) electrons. The molecule has 3 aromatic rings. The monoisotopic (exact) mass is 420 g/mol. The number of halogens is 1. The lowest BCUT2D eigenvalue weighted by atomic mass is 10.3. The van der Waals surface area contributed by atoms with E-state index in [9.17, 15) is 13.2 Å². The molecule has 0 spiro atoms.